The molecule has 0 radical (unpaired) electrons. The largest absolute Gasteiger partial charge is 0.492 e. The van der Waals surface area contributed by atoms with Gasteiger partial charge in [-0.1, -0.05) is 11.6 Å². The zero-order chi connectivity index (χ0) is 22.2. The first-order valence-electron chi connectivity index (χ1n) is 11.8. The van der Waals surface area contributed by atoms with E-state index < -0.39 is 6.10 Å². The number of fused-ring (bicyclic) bond motifs is 1. The molecule has 1 aliphatic carbocycles. The summed E-state index contributed by atoms with van der Waals surface area (Å²) >= 11 is 1.71. The number of aromatic nitrogens is 5. The van der Waals surface area contributed by atoms with Crippen molar-refractivity contribution < 1.29 is 9.84 Å². The number of likely N-dealkylation sites (tertiary alicyclic amines) is 1. The number of ether oxygens (including phenoxy) is 1. The van der Waals surface area contributed by atoms with Crippen LogP contribution in [0.5, 0.6) is 5.75 Å². The molecule has 3 aromatic heterocycles. The SMILES string of the molecule is OC(c1cn(-c2ccc(OCCN3CCCCC3)cc2)nn1)c1c(C2CC2)sc2cncn12. The number of aliphatic hydroxyl groups is 1. The van der Waals surface area contributed by atoms with Crippen LogP contribution in [-0.2, 0) is 0 Å². The quantitative estimate of drug-likeness (QED) is 0.427. The summed E-state index contributed by atoms with van der Waals surface area (Å²) < 4.78 is 9.62. The van der Waals surface area contributed by atoms with Crippen LogP contribution in [0.1, 0.15) is 60.4 Å². The molecule has 1 saturated heterocycles. The van der Waals surface area contributed by atoms with Gasteiger partial charge in [0, 0.05) is 11.4 Å². The summed E-state index contributed by atoms with van der Waals surface area (Å²) in [7, 11) is 0. The Morgan fingerprint density at radius 1 is 1.12 bits per heavy atom. The Hall–Kier alpha value is -2.75. The van der Waals surface area contributed by atoms with Crippen LogP contribution in [0.15, 0.2) is 43.0 Å². The number of nitrogens with zero attached hydrogens (tertiary/aromatic N) is 6. The van der Waals surface area contributed by atoms with Gasteiger partial charge in [0.15, 0.2) is 0 Å². The zero-order valence-electron chi connectivity index (χ0n) is 18.5. The predicted molar refractivity (Wildman–Crippen MR) is 126 cm³/mol. The van der Waals surface area contributed by atoms with Crippen molar-refractivity contribution in [2.75, 3.05) is 26.2 Å². The monoisotopic (exact) mass is 464 g/mol. The first kappa shape index (κ1) is 20.8. The third-order valence-corrected chi connectivity index (χ3v) is 7.83. The number of imidazole rings is 1. The second kappa shape index (κ2) is 8.89. The highest BCUT2D eigenvalue weighted by Crippen LogP contribution is 2.47. The molecule has 1 saturated carbocycles. The normalized spacial score (nSPS) is 18.1. The van der Waals surface area contributed by atoms with E-state index in [9.17, 15) is 5.11 Å². The molecule has 4 heterocycles. The zero-order valence-corrected chi connectivity index (χ0v) is 19.3. The van der Waals surface area contributed by atoms with E-state index in [1.807, 2.05) is 34.9 Å². The first-order valence-corrected chi connectivity index (χ1v) is 12.6. The smallest absolute Gasteiger partial charge is 0.141 e. The predicted octanol–water partition coefficient (Wildman–Crippen LogP) is 3.80. The molecule has 0 amide bonds. The molecular formula is C24H28N6O2S. The van der Waals surface area contributed by atoms with Gasteiger partial charge in [-0.15, -0.1) is 16.4 Å². The summed E-state index contributed by atoms with van der Waals surface area (Å²) in [6.07, 6.45) is 10.9. The molecule has 9 heteroatoms. The Balaban J connectivity index is 1.14. The van der Waals surface area contributed by atoms with Crippen LogP contribution in [0.25, 0.3) is 10.5 Å². The maximum atomic E-state index is 11.2. The van der Waals surface area contributed by atoms with Gasteiger partial charge in [-0.3, -0.25) is 9.30 Å². The number of hydrogen-bond donors (Lipinski definition) is 1. The van der Waals surface area contributed by atoms with Gasteiger partial charge in [0.1, 0.15) is 35.3 Å². The van der Waals surface area contributed by atoms with Crippen LogP contribution < -0.4 is 4.74 Å². The van der Waals surface area contributed by atoms with Crippen molar-refractivity contribution in [2.45, 2.75) is 44.1 Å². The van der Waals surface area contributed by atoms with Crippen molar-refractivity contribution in [3.8, 4) is 11.4 Å². The summed E-state index contributed by atoms with van der Waals surface area (Å²) in [6, 6.07) is 7.86. The van der Waals surface area contributed by atoms with Crippen molar-refractivity contribution in [3.05, 3.63) is 59.3 Å². The molecule has 0 bridgehead atoms. The van der Waals surface area contributed by atoms with Crippen LogP contribution in [0, 0.1) is 0 Å². The van der Waals surface area contributed by atoms with Gasteiger partial charge in [0.25, 0.3) is 0 Å². The lowest BCUT2D eigenvalue weighted by Crippen LogP contribution is -2.33. The third kappa shape index (κ3) is 4.28. The van der Waals surface area contributed by atoms with E-state index in [0.29, 0.717) is 18.2 Å². The van der Waals surface area contributed by atoms with Crippen LogP contribution in [0.2, 0.25) is 0 Å². The number of rotatable bonds is 8. The van der Waals surface area contributed by atoms with Gasteiger partial charge in [0.05, 0.1) is 23.8 Å². The van der Waals surface area contributed by atoms with Crippen LogP contribution in [0.3, 0.4) is 0 Å². The highest BCUT2D eigenvalue weighted by atomic mass is 32.1. The molecule has 1 aromatic carbocycles. The van der Waals surface area contributed by atoms with E-state index in [1.54, 1.807) is 28.5 Å². The van der Waals surface area contributed by atoms with E-state index in [4.69, 9.17) is 4.74 Å². The van der Waals surface area contributed by atoms with Crippen molar-refractivity contribution >= 4 is 16.2 Å². The number of aliphatic hydroxyl groups excluding tert-OH is 1. The van der Waals surface area contributed by atoms with E-state index in [2.05, 4.69) is 20.2 Å². The minimum atomic E-state index is -0.838. The van der Waals surface area contributed by atoms with E-state index in [0.717, 1.165) is 28.5 Å². The summed E-state index contributed by atoms with van der Waals surface area (Å²) in [5.41, 5.74) is 2.29. The van der Waals surface area contributed by atoms with Crippen molar-refractivity contribution in [1.29, 1.82) is 0 Å². The lowest BCUT2D eigenvalue weighted by atomic mass is 10.1. The molecule has 4 aromatic rings. The second-order valence-corrected chi connectivity index (χ2v) is 10.0. The summed E-state index contributed by atoms with van der Waals surface area (Å²) in [6.45, 7) is 4.04. The fourth-order valence-corrected chi connectivity index (χ4v) is 5.87. The minimum absolute atomic E-state index is 0.534. The van der Waals surface area contributed by atoms with E-state index >= 15 is 0 Å². The van der Waals surface area contributed by atoms with Crippen LogP contribution in [-0.4, -0.2) is 60.6 Å². The van der Waals surface area contributed by atoms with Crippen LogP contribution >= 0.6 is 11.3 Å². The summed E-state index contributed by atoms with van der Waals surface area (Å²) in [5.74, 6) is 1.39. The Bertz CT molecular complexity index is 1220. The van der Waals surface area contributed by atoms with E-state index in [-0.39, 0.29) is 0 Å². The fraction of sp³-hybridized carbons (Fsp3) is 0.458. The van der Waals surface area contributed by atoms with Gasteiger partial charge in [-0.25, -0.2) is 9.67 Å². The molecule has 1 unspecified atom stereocenters. The number of hydrogen-bond acceptors (Lipinski definition) is 7. The number of benzene rings is 1. The number of thiazole rings is 1. The van der Waals surface area contributed by atoms with Crippen molar-refractivity contribution in [1.82, 2.24) is 29.3 Å². The third-order valence-electron chi connectivity index (χ3n) is 6.56. The second-order valence-electron chi connectivity index (χ2n) is 8.96. The molecule has 2 fully saturated rings. The highest BCUT2D eigenvalue weighted by molar-refractivity contribution is 7.17. The maximum Gasteiger partial charge on any atom is 0.141 e. The minimum Gasteiger partial charge on any atom is -0.492 e. The molecule has 6 rings (SSSR count). The Kier molecular flexibility index (Phi) is 5.61. The lowest BCUT2D eigenvalue weighted by molar-refractivity contribution is 0.183. The lowest BCUT2D eigenvalue weighted by Gasteiger charge is -2.26. The van der Waals surface area contributed by atoms with Gasteiger partial charge in [0.2, 0.25) is 0 Å². The van der Waals surface area contributed by atoms with Gasteiger partial charge in [-0.05, 0) is 69.0 Å². The fourth-order valence-electron chi connectivity index (χ4n) is 4.57. The molecule has 1 aliphatic heterocycles. The van der Waals surface area contributed by atoms with Gasteiger partial charge >= 0.3 is 0 Å². The summed E-state index contributed by atoms with van der Waals surface area (Å²) in [4.78, 5) is 8.99. The molecule has 1 atom stereocenters. The highest BCUT2D eigenvalue weighted by Gasteiger charge is 2.33. The Morgan fingerprint density at radius 3 is 2.73 bits per heavy atom. The van der Waals surface area contributed by atoms with Gasteiger partial charge < -0.3 is 9.84 Å². The molecule has 2 aliphatic rings. The molecule has 172 valence electrons. The molecule has 1 N–H and O–H groups in total. The van der Waals surface area contributed by atoms with Crippen molar-refractivity contribution in [2.24, 2.45) is 0 Å². The average molecular weight is 465 g/mol. The first-order chi connectivity index (χ1) is 16.3. The Labute approximate surface area is 196 Å². The standard InChI is InChI=1S/C24H28N6O2S/c31-23(22-24(17-4-5-17)33-21-14-25-16-29(21)22)20-15-30(27-26-20)18-6-8-19(9-7-18)32-13-12-28-10-2-1-3-11-28/h6-9,14-17,23,31H,1-5,10-13H2. The Morgan fingerprint density at radius 2 is 1.94 bits per heavy atom. The van der Waals surface area contributed by atoms with Crippen LogP contribution in [0.4, 0.5) is 0 Å². The van der Waals surface area contributed by atoms with Gasteiger partial charge in [-0.2, -0.15) is 0 Å². The topological polar surface area (TPSA) is 80.7 Å². The van der Waals surface area contributed by atoms with Crippen molar-refractivity contribution in [3.63, 3.8) is 0 Å². The maximum absolute atomic E-state index is 11.2. The summed E-state index contributed by atoms with van der Waals surface area (Å²) in [5, 5.41) is 19.7. The van der Waals surface area contributed by atoms with E-state index in [1.165, 1.54) is 50.1 Å². The average Bonchev–Trinajstić information content (AvgIpc) is 3.24. The molecule has 8 nitrogen and oxygen atoms in total. The molecule has 33 heavy (non-hydrogen) atoms. The number of piperidine rings is 1. The molecular weight excluding hydrogens is 436 g/mol. The molecule has 0 spiro atoms.